The van der Waals surface area contributed by atoms with E-state index in [1.54, 1.807) is 11.1 Å². The number of aromatic amines is 1. The number of benzene rings is 2. The van der Waals surface area contributed by atoms with E-state index in [9.17, 15) is 19.2 Å². The molecule has 4 amide bonds. The lowest BCUT2D eigenvalue weighted by atomic mass is 10.00. The number of methoxy groups -OCH3 is 1. The fourth-order valence-corrected chi connectivity index (χ4v) is 7.79. The number of carbonyl (C=O) groups is 4. The second-order valence-electron chi connectivity index (χ2n) is 16.2. The zero-order valence-electron chi connectivity index (χ0n) is 39.2. The Balaban J connectivity index is 0.00000212. The molecule has 5 N–H and O–H groups in total. The Morgan fingerprint density at radius 3 is 1.97 bits per heavy atom. The highest BCUT2D eigenvalue weighted by molar-refractivity contribution is 5.92. The zero-order chi connectivity index (χ0) is 46.2. The lowest BCUT2D eigenvalue weighted by Gasteiger charge is -2.38. The fourth-order valence-electron chi connectivity index (χ4n) is 7.79. The van der Waals surface area contributed by atoms with Crippen molar-refractivity contribution in [3.63, 3.8) is 0 Å². The van der Waals surface area contributed by atoms with Crippen molar-refractivity contribution in [3.8, 4) is 23.1 Å². The highest BCUT2D eigenvalue weighted by Gasteiger charge is 2.39. The number of piperazine rings is 1. The largest absolute Gasteiger partial charge is 0.453 e. The number of ether oxygens (including phenoxy) is 1. The highest BCUT2D eigenvalue weighted by Crippen LogP contribution is 2.27. The van der Waals surface area contributed by atoms with Crippen LogP contribution in [-0.2, 0) is 19.1 Å². The van der Waals surface area contributed by atoms with Crippen LogP contribution in [0.1, 0.15) is 111 Å². The summed E-state index contributed by atoms with van der Waals surface area (Å²) in [7, 11) is 1.29. The Hall–Kier alpha value is -5.87. The van der Waals surface area contributed by atoms with E-state index in [4.69, 9.17) is 4.74 Å². The standard InChI is InChI=1S/C46H58N8O5.2C2H6/c1-8-36(49-30(6)38-10-9-24-53(38)44(56)40(28(2)3)51-43(55)35-21-22-35)33-17-13-31(14-18-33)11-12-32-15-19-34(20-16-32)37-26-48-42(50-37)39-27-47-23-25-54(39)45(57)41(29(4)5)52-46(58)59-7;2*1-2/h8,13-22,26,28-30,35,38-41,47,49H,9-10,23-25,27H2,1-7H3,(H,48,50)(H,51,55)(H,52,58);2*1-2H3/b36-8-;;/t30?,38-,39-,40-,41-;;/m0../s1. The SMILES string of the molecule is C/C=C(\NC(C)[C@@H]1CCCN1C(=O)[C@@H](NC(=O)C1C=C1)C(C)C)c1ccc(C#Cc2ccc(-c3cnc([C@@H]4CNCCN4C(=O)[C@@H](NC(=O)OC)C(C)C)[nH]3)cc2)cc1.CC.CC. The number of imidazole rings is 1. The number of allylic oxidation sites excluding steroid dienone is 1. The third kappa shape index (κ3) is 13.1. The third-order valence-corrected chi connectivity index (χ3v) is 11.3. The summed E-state index contributed by atoms with van der Waals surface area (Å²) in [6.07, 6.45) is 8.70. The number of rotatable bonds is 13. The summed E-state index contributed by atoms with van der Waals surface area (Å²) in [4.78, 5) is 63.7. The van der Waals surface area contributed by atoms with Crippen LogP contribution in [0, 0.1) is 29.6 Å². The van der Waals surface area contributed by atoms with Crippen molar-refractivity contribution < 1.29 is 23.9 Å². The molecule has 3 heterocycles. The molecule has 2 fully saturated rings. The molecule has 1 unspecified atom stereocenters. The molecular weight excluding hydrogens is 793 g/mol. The molecule has 0 bridgehead atoms. The molecule has 1 aliphatic carbocycles. The highest BCUT2D eigenvalue weighted by atomic mass is 16.5. The summed E-state index contributed by atoms with van der Waals surface area (Å²) < 4.78 is 4.77. The summed E-state index contributed by atoms with van der Waals surface area (Å²) in [6.45, 7) is 22.2. The molecule has 2 saturated heterocycles. The maximum absolute atomic E-state index is 13.7. The molecule has 13 heteroatoms. The Labute approximate surface area is 375 Å². The molecule has 6 rings (SSSR count). The zero-order valence-corrected chi connectivity index (χ0v) is 39.2. The van der Waals surface area contributed by atoms with Gasteiger partial charge in [-0.1, -0.05) is 110 Å². The molecule has 340 valence electrons. The van der Waals surface area contributed by atoms with Crippen LogP contribution in [0.25, 0.3) is 17.0 Å². The van der Waals surface area contributed by atoms with Crippen molar-refractivity contribution in [2.75, 3.05) is 33.3 Å². The molecule has 3 aromatic rings. The summed E-state index contributed by atoms with van der Waals surface area (Å²) in [5.41, 5.74) is 5.53. The number of alkyl carbamates (subject to hydrolysis) is 1. The summed E-state index contributed by atoms with van der Waals surface area (Å²) in [6, 6.07) is 14.5. The van der Waals surface area contributed by atoms with Crippen molar-refractivity contribution in [1.82, 2.24) is 41.0 Å². The quantitative estimate of drug-likeness (QED) is 0.0904. The number of likely N-dealkylation sites (tertiary alicyclic amines) is 1. The number of carbonyl (C=O) groups excluding carboxylic acids is 4. The summed E-state index contributed by atoms with van der Waals surface area (Å²) in [5, 5.41) is 12.7. The van der Waals surface area contributed by atoms with E-state index >= 15 is 0 Å². The van der Waals surface area contributed by atoms with Gasteiger partial charge in [0, 0.05) is 49.0 Å². The molecule has 0 spiro atoms. The maximum atomic E-state index is 13.7. The lowest BCUT2D eigenvalue weighted by molar-refractivity contribution is -0.139. The van der Waals surface area contributed by atoms with Crippen LogP contribution in [0.3, 0.4) is 0 Å². The van der Waals surface area contributed by atoms with Crippen LogP contribution in [-0.4, -0.2) is 101 Å². The van der Waals surface area contributed by atoms with Gasteiger partial charge in [0.2, 0.25) is 17.7 Å². The third-order valence-electron chi connectivity index (χ3n) is 11.3. The monoisotopic (exact) mass is 863 g/mol. The van der Waals surface area contributed by atoms with Gasteiger partial charge in [-0.3, -0.25) is 14.4 Å². The second kappa shape index (κ2) is 24.1. The normalized spacial score (nSPS) is 18.4. The molecule has 0 saturated carbocycles. The fraction of sp³-hybridized carbons (Fsp3) is 0.500. The molecule has 2 aliphatic heterocycles. The first-order valence-electron chi connectivity index (χ1n) is 22.7. The first kappa shape index (κ1) is 49.8. The van der Waals surface area contributed by atoms with Crippen molar-refractivity contribution in [2.24, 2.45) is 17.8 Å². The second-order valence-corrected chi connectivity index (χ2v) is 16.2. The molecule has 0 radical (unpaired) electrons. The predicted molar refractivity (Wildman–Crippen MR) is 251 cm³/mol. The van der Waals surface area contributed by atoms with Gasteiger partial charge in [-0.05, 0) is 73.9 Å². The summed E-state index contributed by atoms with van der Waals surface area (Å²) in [5.74, 6) is 6.60. The number of nitrogens with one attached hydrogen (secondary N) is 5. The number of hydrogen-bond acceptors (Lipinski definition) is 8. The number of hydrogen-bond donors (Lipinski definition) is 5. The molecule has 1 aromatic heterocycles. The Morgan fingerprint density at radius 2 is 1.40 bits per heavy atom. The van der Waals surface area contributed by atoms with Crippen LogP contribution >= 0.6 is 0 Å². The van der Waals surface area contributed by atoms with Gasteiger partial charge in [-0.15, -0.1) is 0 Å². The Kier molecular flexibility index (Phi) is 19.0. The van der Waals surface area contributed by atoms with Crippen LogP contribution in [0.4, 0.5) is 4.79 Å². The van der Waals surface area contributed by atoms with Crippen LogP contribution in [0.15, 0.2) is 73.0 Å². The van der Waals surface area contributed by atoms with E-state index in [2.05, 4.69) is 68.2 Å². The first-order valence-corrected chi connectivity index (χ1v) is 22.7. The summed E-state index contributed by atoms with van der Waals surface area (Å²) >= 11 is 0. The van der Waals surface area contributed by atoms with Gasteiger partial charge >= 0.3 is 6.09 Å². The van der Waals surface area contributed by atoms with Crippen LogP contribution in [0.2, 0.25) is 0 Å². The van der Waals surface area contributed by atoms with Crippen molar-refractivity contribution in [2.45, 2.75) is 112 Å². The molecule has 63 heavy (non-hydrogen) atoms. The van der Waals surface area contributed by atoms with E-state index in [1.807, 2.05) is 116 Å². The molecule has 13 nitrogen and oxygen atoms in total. The van der Waals surface area contributed by atoms with E-state index in [0.717, 1.165) is 46.5 Å². The Morgan fingerprint density at radius 1 is 0.810 bits per heavy atom. The van der Waals surface area contributed by atoms with Gasteiger partial charge < -0.3 is 40.8 Å². The van der Waals surface area contributed by atoms with Crippen LogP contribution in [0.5, 0.6) is 0 Å². The van der Waals surface area contributed by atoms with Gasteiger partial charge in [-0.25, -0.2) is 9.78 Å². The Bertz CT molecular complexity index is 2090. The predicted octanol–water partition coefficient (Wildman–Crippen LogP) is 7.04. The van der Waals surface area contributed by atoms with E-state index in [-0.39, 0.29) is 53.6 Å². The minimum absolute atomic E-state index is 0.000431. The smallest absolute Gasteiger partial charge is 0.407 e. The molecule has 2 aromatic carbocycles. The average molecular weight is 863 g/mol. The lowest BCUT2D eigenvalue weighted by Crippen LogP contribution is -2.57. The van der Waals surface area contributed by atoms with E-state index in [0.29, 0.717) is 32.0 Å². The van der Waals surface area contributed by atoms with Crippen molar-refractivity contribution in [1.29, 1.82) is 0 Å². The van der Waals surface area contributed by atoms with Gasteiger partial charge in [-0.2, -0.15) is 0 Å². The number of amides is 4. The van der Waals surface area contributed by atoms with E-state index < -0.39 is 18.2 Å². The molecule has 3 aliphatic rings. The van der Waals surface area contributed by atoms with E-state index in [1.165, 1.54) is 7.11 Å². The maximum Gasteiger partial charge on any atom is 0.407 e. The molecule has 5 atom stereocenters. The minimum Gasteiger partial charge on any atom is -0.453 e. The van der Waals surface area contributed by atoms with Crippen molar-refractivity contribution in [3.05, 3.63) is 95.5 Å². The number of H-pyrrole nitrogens is 1. The average Bonchev–Trinajstić information content (AvgIpc) is 3.84. The molecular formula is C50H70N8O5. The van der Waals surface area contributed by atoms with Gasteiger partial charge in [0.25, 0.3) is 0 Å². The van der Waals surface area contributed by atoms with Gasteiger partial charge in [0.15, 0.2) is 0 Å². The first-order chi connectivity index (χ1) is 30.4. The van der Waals surface area contributed by atoms with Gasteiger partial charge in [0.1, 0.15) is 23.9 Å². The number of nitrogens with zero attached hydrogens (tertiary/aromatic N) is 3. The topological polar surface area (TPSA) is 161 Å². The van der Waals surface area contributed by atoms with Crippen molar-refractivity contribution >= 4 is 29.5 Å². The minimum atomic E-state index is -0.718. The van der Waals surface area contributed by atoms with Crippen LogP contribution < -0.4 is 21.3 Å². The van der Waals surface area contributed by atoms with Gasteiger partial charge in [0.05, 0.1) is 31.0 Å². The number of aromatic nitrogens is 2.